The highest BCUT2D eigenvalue weighted by atomic mass is 32.2. The van der Waals surface area contributed by atoms with Crippen LogP contribution in [-0.4, -0.2) is 36.4 Å². The number of hydrogen-bond acceptors (Lipinski definition) is 5. The monoisotopic (exact) mass is 283 g/mol. The van der Waals surface area contributed by atoms with Gasteiger partial charge in [0.05, 0.1) is 4.92 Å². The molecular formula is C12H17N3O3S. The van der Waals surface area contributed by atoms with E-state index in [2.05, 4.69) is 10.6 Å². The summed E-state index contributed by atoms with van der Waals surface area (Å²) in [7, 11) is 1.60. The van der Waals surface area contributed by atoms with Crippen molar-refractivity contribution >= 4 is 29.0 Å². The fraction of sp³-hybridized carbons (Fsp3) is 0.417. The summed E-state index contributed by atoms with van der Waals surface area (Å²) >= 11 is 1.71. The first-order valence-corrected chi connectivity index (χ1v) is 7.23. The Labute approximate surface area is 116 Å². The molecule has 0 aliphatic carbocycles. The number of nitrogens with one attached hydrogen (secondary N) is 2. The van der Waals surface area contributed by atoms with Crippen LogP contribution in [0.2, 0.25) is 0 Å². The van der Waals surface area contributed by atoms with Gasteiger partial charge in [-0.25, -0.2) is 0 Å². The predicted molar refractivity (Wildman–Crippen MR) is 78.0 cm³/mol. The standard InChI is InChI=1S/C12H17N3O3S/c1-13-10-5-4-9(8-11(10)15(17)18)12(16)14-6-3-7-19-2/h4-5,8,13H,3,6-7H2,1-2H3,(H,14,16). The molecule has 0 radical (unpaired) electrons. The third-order valence-electron chi connectivity index (χ3n) is 2.54. The quantitative estimate of drug-likeness (QED) is 0.455. The number of benzene rings is 1. The minimum absolute atomic E-state index is 0.0979. The summed E-state index contributed by atoms with van der Waals surface area (Å²) in [5, 5.41) is 16.4. The predicted octanol–water partition coefficient (Wildman–Crippen LogP) is 2.12. The molecule has 0 aromatic heterocycles. The van der Waals surface area contributed by atoms with Crippen LogP contribution >= 0.6 is 11.8 Å². The van der Waals surface area contributed by atoms with Gasteiger partial charge in [0, 0.05) is 25.2 Å². The maximum absolute atomic E-state index is 11.8. The Hall–Kier alpha value is -1.76. The first-order chi connectivity index (χ1) is 9.10. The molecule has 1 aromatic carbocycles. The van der Waals surface area contributed by atoms with Crippen LogP contribution in [0, 0.1) is 10.1 Å². The molecule has 1 rings (SSSR count). The summed E-state index contributed by atoms with van der Waals surface area (Å²) in [4.78, 5) is 22.2. The molecule has 0 heterocycles. The number of carbonyl (C=O) groups excluding carboxylic acids is 1. The zero-order valence-corrected chi connectivity index (χ0v) is 11.8. The summed E-state index contributed by atoms with van der Waals surface area (Å²) in [5.41, 5.74) is 0.595. The van der Waals surface area contributed by atoms with Crippen LogP contribution in [0.5, 0.6) is 0 Å². The maximum atomic E-state index is 11.8. The lowest BCUT2D eigenvalue weighted by molar-refractivity contribution is -0.384. The number of nitro groups is 1. The van der Waals surface area contributed by atoms with Crippen molar-refractivity contribution in [3.8, 4) is 0 Å². The van der Waals surface area contributed by atoms with E-state index in [1.807, 2.05) is 6.26 Å². The molecule has 0 atom stereocenters. The van der Waals surface area contributed by atoms with Crippen molar-refractivity contribution in [2.45, 2.75) is 6.42 Å². The first kappa shape index (κ1) is 15.3. The molecule has 0 aliphatic rings. The molecule has 0 saturated heterocycles. The zero-order chi connectivity index (χ0) is 14.3. The van der Waals surface area contributed by atoms with Gasteiger partial charge in [-0.3, -0.25) is 14.9 Å². The van der Waals surface area contributed by atoms with Gasteiger partial charge in [0.2, 0.25) is 0 Å². The third kappa shape index (κ3) is 4.44. The van der Waals surface area contributed by atoms with E-state index in [4.69, 9.17) is 0 Å². The molecule has 1 amide bonds. The van der Waals surface area contributed by atoms with E-state index in [0.717, 1.165) is 12.2 Å². The van der Waals surface area contributed by atoms with Gasteiger partial charge >= 0.3 is 0 Å². The second-order valence-electron chi connectivity index (χ2n) is 3.84. The number of amides is 1. The van der Waals surface area contributed by atoms with Crippen LogP contribution in [-0.2, 0) is 0 Å². The van der Waals surface area contributed by atoms with Gasteiger partial charge in [0.15, 0.2) is 0 Å². The van der Waals surface area contributed by atoms with E-state index in [1.54, 1.807) is 24.9 Å². The summed E-state index contributed by atoms with van der Waals surface area (Å²) < 4.78 is 0. The van der Waals surface area contributed by atoms with Gasteiger partial charge in [-0.15, -0.1) is 0 Å². The van der Waals surface area contributed by atoms with Crippen LogP contribution in [0.1, 0.15) is 16.8 Å². The molecule has 104 valence electrons. The SMILES string of the molecule is CNc1ccc(C(=O)NCCCSC)cc1[N+](=O)[O-]. The highest BCUT2D eigenvalue weighted by molar-refractivity contribution is 7.98. The van der Waals surface area contributed by atoms with Crippen molar-refractivity contribution in [3.05, 3.63) is 33.9 Å². The van der Waals surface area contributed by atoms with E-state index in [9.17, 15) is 14.9 Å². The topological polar surface area (TPSA) is 84.3 Å². The van der Waals surface area contributed by atoms with E-state index in [0.29, 0.717) is 17.8 Å². The summed E-state index contributed by atoms with van der Waals surface area (Å²) in [6.45, 7) is 0.571. The lowest BCUT2D eigenvalue weighted by atomic mass is 10.1. The Kier molecular flexibility index (Phi) is 6.14. The van der Waals surface area contributed by atoms with Crippen molar-refractivity contribution in [2.24, 2.45) is 0 Å². The van der Waals surface area contributed by atoms with Crippen LogP contribution in [0.15, 0.2) is 18.2 Å². The van der Waals surface area contributed by atoms with Crippen LogP contribution in [0.3, 0.4) is 0 Å². The summed E-state index contributed by atoms with van der Waals surface area (Å²) in [5.74, 6) is 0.686. The number of rotatable bonds is 7. The van der Waals surface area contributed by atoms with Gasteiger partial charge in [-0.05, 0) is 30.6 Å². The largest absolute Gasteiger partial charge is 0.383 e. The van der Waals surface area contributed by atoms with Crippen molar-refractivity contribution < 1.29 is 9.72 Å². The van der Waals surface area contributed by atoms with E-state index in [-0.39, 0.29) is 11.6 Å². The Morgan fingerprint density at radius 1 is 1.47 bits per heavy atom. The highest BCUT2D eigenvalue weighted by Crippen LogP contribution is 2.24. The molecule has 19 heavy (non-hydrogen) atoms. The summed E-state index contributed by atoms with van der Waals surface area (Å²) in [6.07, 6.45) is 2.88. The van der Waals surface area contributed by atoms with E-state index in [1.165, 1.54) is 12.1 Å². The molecule has 6 nitrogen and oxygen atoms in total. The average Bonchev–Trinajstić information content (AvgIpc) is 2.42. The molecule has 1 aromatic rings. The number of nitrogens with zero attached hydrogens (tertiary/aromatic N) is 1. The van der Waals surface area contributed by atoms with Gasteiger partial charge in [-0.1, -0.05) is 0 Å². The number of hydrogen-bond donors (Lipinski definition) is 2. The minimum Gasteiger partial charge on any atom is -0.383 e. The van der Waals surface area contributed by atoms with Gasteiger partial charge in [0.1, 0.15) is 5.69 Å². The lowest BCUT2D eigenvalue weighted by Crippen LogP contribution is -2.24. The van der Waals surface area contributed by atoms with Crippen molar-refractivity contribution in [3.63, 3.8) is 0 Å². The maximum Gasteiger partial charge on any atom is 0.293 e. The fourth-order valence-electron chi connectivity index (χ4n) is 1.56. The van der Waals surface area contributed by atoms with E-state index >= 15 is 0 Å². The van der Waals surface area contributed by atoms with E-state index < -0.39 is 4.92 Å². The van der Waals surface area contributed by atoms with Crippen molar-refractivity contribution in [2.75, 3.05) is 30.9 Å². The minimum atomic E-state index is -0.504. The molecule has 0 bridgehead atoms. The number of carbonyl (C=O) groups is 1. The Morgan fingerprint density at radius 2 is 2.21 bits per heavy atom. The van der Waals surface area contributed by atoms with Crippen LogP contribution in [0.25, 0.3) is 0 Å². The molecule has 0 aliphatic heterocycles. The molecule has 0 spiro atoms. The van der Waals surface area contributed by atoms with Crippen LogP contribution in [0.4, 0.5) is 11.4 Å². The molecule has 0 saturated carbocycles. The molecular weight excluding hydrogens is 266 g/mol. The van der Waals surface area contributed by atoms with Gasteiger partial charge in [0.25, 0.3) is 11.6 Å². The number of thioether (sulfide) groups is 1. The molecule has 7 heteroatoms. The molecule has 0 unspecified atom stereocenters. The molecule has 0 fully saturated rings. The Balaban J connectivity index is 2.75. The second-order valence-corrected chi connectivity index (χ2v) is 4.83. The van der Waals surface area contributed by atoms with Gasteiger partial charge in [-0.2, -0.15) is 11.8 Å². The van der Waals surface area contributed by atoms with Crippen molar-refractivity contribution in [1.29, 1.82) is 0 Å². The zero-order valence-electron chi connectivity index (χ0n) is 10.9. The van der Waals surface area contributed by atoms with Crippen LogP contribution < -0.4 is 10.6 Å². The lowest BCUT2D eigenvalue weighted by Gasteiger charge is -2.06. The normalized spacial score (nSPS) is 10.0. The Bertz CT molecular complexity index is 466. The molecule has 2 N–H and O–H groups in total. The smallest absolute Gasteiger partial charge is 0.293 e. The van der Waals surface area contributed by atoms with Crippen molar-refractivity contribution in [1.82, 2.24) is 5.32 Å². The number of anilines is 1. The number of nitro benzene ring substituents is 1. The second kappa shape index (κ2) is 7.63. The van der Waals surface area contributed by atoms with Gasteiger partial charge < -0.3 is 10.6 Å². The first-order valence-electron chi connectivity index (χ1n) is 5.83. The average molecular weight is 283 g/mol. The Morgan fingerprint density at radius 3 is 2.79 bits per heavy atom. The third-order valence-corrected chi connectivity index (χ3v) is 3.23. The highest BCUT2D eigenvalue weighted by Gasteiger charge is 2.16. The summed E-state index contributed by atoms with van der Waals surface area (Å²) in [6, 6.07) is 4.40. The fourth-order valence-corrected chi connectivity index (χ4v) is 1.99.